The second-order valence-electron chi connectivity index (χ2n) is 3.48. The van der Waals surface area contributed by atoms with E-state index in [4.69, 9.17) is 28.5 Å². The lowest BCUT2D eigenvalue weighted by Crippen LogP contribution is -1.80. The van der Waals surface area contributed by atoms with Crippen LogP contribution in [0.5, 0.6) is 0 Å². The number of aromatic amines is 1. The molecule has 2 aromatic rings. The predicted octanol–water partition coefficient (Wildman–Crippen LogP) is 4.17. The highest BCUT2D eigenvalue weighted by atomic mass is 35.5. The number of nitrogens with one attached hydrogen (secondary N) is 1. The number of benzene rings is 1. The number of nitriles is 1. The minimum Gasteiger partial charge on any atom is -0.335 e. The van der Waals surface area contributed by atoms with E-state index < -0.39 is 0 Å². The Kier molecular flexibility index (Phi) is 2.91. The molecular weight excluding hydrogens is 243 g/mol. The Hall–Kier alpha value is -1.43. The molecule has 1 aromatic carbocycles. The lowest BCUT2D eigenvalue weighted by atomic mass is 10.0. The summed E-state index contributed by atoms with van der Waals surface area (Å²) in [4.78, 5) is 2.75. The second-order valence-corrected chi connectivity index (χ2v) is 4.24. The molecule has 0 aliphatic heterocycles. The molecule has 0 radical (unpaired) electrons. The highest BCUT2D eigenvalue weighted by molar-refractivity contribution is 6.36. The molecule has 0 saturated heterocycles. The zero-order valence-corrected chi connectivity index (χ0v) is 10.0. The van der Waals surface area contributed by atoms with Crippen molar-refractivity contribution in [2.75, 3.05) is 0 Å². The van der Waals surface area contributed by atoms with Crippen LogP contribution in [0.2, 0.25) is 10.3 Å². The van der Waals surface area contributed by atoms with Crippen molar-refractivity contribution in [2.45, 2.75) is 6.92 Å². The van der Waals surface area contributed by atoms with Crippen molar-refractivity contribution in [1.82, 2.24) is 4.98 Å². The summed E-state index contributed by atoms with van der Waals surface area (Å²) >= 11 is 11.9. The maximum atomic E-state index is 9.02. The molecule has 2 rings (SSSR count). The summed E-state index contributed by atoms with van der Waals surface area (Å²) in [5.41, 5.74) is 3.08. The molecule has 0 saturated carbocycles. The molecule has 16 heavy (non-hydrogen) atoms. The van der Waals surface area contributed by atoms with Gasteiger partial charge in [0.2, 0.25) is 0 Å². The Labute approximate surface area is 103 Å². The van der Waals surface area contributed by atoms with Gasteiger partial charge in [0.1, 0.15) is 16.4 Å². The highest BCUT2D eigenvalue weighted by Crippen LogP contribution is 2.35. The molecule has 1 aromatic heterocycles. The molecule has 4 heteroatoms. The van der Waals surface area contributed by atoms with E-state index in [2.05, 4.69) is 11.1 Å². The molecule has 0 atom stereocenters. The van der Waals surface area contributed by atoms with Crippen LogP contribution in [0.4, 0.5) is 0 Å². The van der Waals surface area contributed by atoms with Gasteiger partial charge in [0.25, 0.3) is 0 Å². The molecule has 0 bridgehead atoms. The van der Waals surface area contributed by atoms with Gasteiger partial charge in [-0.05, 0) is 12.5 Å². The monoisotopic (exact) mass is 250 g/mol. The van der Waals surface area contributed by atoms with Crippen molar-refractivity contribution in [3.05, 3.63) is 45.7 Å². The maximum absolute atomic E-state index is 9.02. The summed E-state index contributed by atoms with van der Waals surface area (Å²) < 4.78 is 0. The highest BCUT2D eigenvalue weighted by Gasteiger charge is 2.16. The standard InChI is InChI=1S/C12H8Cl2N2/c1-7-2-4-8(5-3-7)10-9(6-15)11(13)16-12(10)14/h2-5,16H,1H3. The van der Waals surface area contributed by atoms with Crippen LogP contribution in [0.3, 0.4) is 0 Å². The van der Waals surface area contributed by atoms with Crippen molar-refractivity contribution in [1.29, 1.82) is 5.26 Å². The van der Waals surface area contributed by atoms with Gasteiger partial charge < -0.3 is 4.98 Å². The third-order valence-corrected chi connectivity index (χ3v) is 2.93. The van der Waals surface area contributed by atoms with Crippen LogP contribution < -0.4 is 0 Å². The molecular formula is C12H8Cl2N2. The molecule has 2 nitrogen and oxygen atoms in total. The van der Waals surface area contributed by atoms with Crippen LogP contribution in [0.1, 0.15) is 11.1 Å². The van der Waals surface area contributed by atoms with Crippen molar-refractivity contribution in [3.63, 3.8) is 0 Å². The van der Waals surface area contributed by atoms with Gasteiger partial charge in [0, 0.05) is 5.56 Å². The van der Waals surface area contributed by atoms with E-state index >= 15 is 0 Å². The van der Waals surface area contributed by atoms with Crippen LogP contribution >= 0.6 is 23.2 Å². The minimum atomic E-state index is 0.281. The SMILES string of the molecule is Cc1ccc(-c2c(Cl)[nH]c(Cl)c2C#N)cc1. The van der Waals surface area contributed by atoms with E-state index in [1.54, 1.807) is 0 Å². The third kappa shape index (κ3) is 1.80. The van der Waals surface area contributed by atoms with Crippen LogP contribution in [-0.2, 0) is 0 Å². The molecule has 0 unspecified atom stereocenters. The molecule has 1 heterocycles. The fourth-order valence-corrected chi connectivity index (χ4v) is 2.11. The Morgan fingerprint density at radius 2 is 1.75 bits per heavy atom. The first kappa shape index (κ1) is 11.1. The number of hydrogen-bond acceptors (Lipinski definition) is 1. The summed E-state index contributed by atoms with van der Waals surface area (Å²) in [6, 6.07) is 9.82. The Balaban J connectivity index is 2.64. The number of rotatable bonds is 1. The molecule has 0 aliphatic carbocycles. The van der Waals surface area contributed by atoms with Gasteiger partial charge in [0.15, 0.2) is 0 Å². The summed E-state index contributed by atoms with van der Waals surface area (Å²) in [6.45, 7) is 2.00. The van der Waals surface area contributed by atoms with Crippen molar-refractivity contribution >= 4 is 23.2 Å². The average Bonchev–Trinajstić information content (AvgIpc) is 2.54. The van der Waals surface area contributed by atoms with E-state index in [9.17, 15) is 0 Å². The van der Waals surface area contributed by atoms with Crippen LogP contribution in [0.25, 0.3) is 11.1 Å². The summed E-state index contributed by atoms with van der Waals surface area (Å²) in [7, 11) is 0. The Morgan fingerprint density at radius 3 is 2.31 bits per heavy atom. The van der Waals surface area contributed by atoms with Gasteiger partial charge in [-0.2, -0.15) is 5.26 Å². The van der Waals surface area contributed by atoms with E-state index in [1.807, 2.05) is 31.2 Å². The number of hydrogen-bond donors (Lipinski definition) is 1. The maximum Gasteiger partial charge on any atom is 0.126 e. The first-order valence-electron chi connectivity index (χ1n) is 4.67. The first-order valence-corrected chi connectivity index (χ1v) is 5.43. The fourth-order valence-electron chi connectivity index (χ4n) is 1.54. The van der Waals surface area contributed by atoms with Gasteiger partial charge in [-0.15, -0.1) is 0 Å². The summed E-state index contributed by atoms with van der Waals surface area (Å²) in [5.74, 6) is 0. The number of nitrogens with zero attached hydrogens (tertiary/aromatic N) is 1. The van der Waals surface area contributed by atoms with Gasteiger partial charge in [-0.25, -0.2) is 0 Å². The quantitative estimate of drug-likeness (QED) is 0.811. The summed E-state index contributed by atoms with van der Waals surface area (Å²) in [5, 5.41) is 9.69. The number of halogens is 2. The van der Waals surface area contributed by atoms with Gasteiger partial charge in [-0.1, -0.05) is 53.0 Å². The smallest absolute Gasteiger partial charge is 0.126 e. The van der Waals surface area contributed by atoms with Crippen LogP contribution in [0.15, 0.2) is 24.3 Å². The Bertz CT molecular complexity index is 562. The summed E-state index contributed by atoms with van der Waals surface area (Å²) in [6.07, 6.45) is 0. The molecule has 0 fully saturated rings. The molecule has 0 amide bonds. The predicted molar refractivity (Wildman–Crippen MR) is 65.7 cm³/mol. The average molecular weight is 251 g/mol. The first-order chi connectivity index (χ1) is 7.63. The largest absolute Gasteiger partial charge is 0.335 e. The van der Waals surface area contributed by atoms with Crippen molar-refractivity contribution in [2.24, 2.45) is 0 Å². The molecule has 1 N–H and O–H groups in total. The van der Waals surface area contributed by atoms with E-state index in [0.717, 1.165) is 11.1 Å². The van der Waals surface area contributed by atoms with E-state index in [1.165, 1.54) is 0 Å². The number of aromatic nitrogens is 1. The zero-order valence-electron chi connectivity index (χ0n) is 8.51. The zero-order chi connectivity index (χ0) is 11.7. The van der Waals surface area contributed by atoms with E-state index in [-0.39, 0.29) is 5.15 Å². The second kappa shape index (κ2) is 4.21. The van der Waals surface area contributed by atoms with Gasteiger partial charge in [-0.3, -0.25) is 0 Å². The molecule has 0 spiro atoms. The molecule has 80 valence electrons. The topological polar surface area (TPSA) is 39.6 Å². The van der Waals surface area contributed by atoms with Crippen LogP contribution in [-0.4, -0.2) is 4.98 Å². The third-order valence-electron chi connectivity index (χ3n) is 2.36. The van der Waals surface area contributed by atoms with E-state index in [0.29, 0.717) is 16.3 Å². The van der Waals surface area contributed by atoms with Crippen LogP contribution in [0, 0.1) is 18.3 Å². The van der Waals surface area contributed by atoms with Gasteiger partial charge >= 0.3 is 0 Å². The number of aryl methyl sites for hydroxylation is 1. The Morgan fingerprint density at radius 1 is 1.12 bits per heavy atom. The lowest BCUT2D eigenvalue weighted by molar-refractivity contribution is 1.40. The fraction of sp³-hybridized carbons (Fsp3) is 0.0833. The lowest BCUT2D eigenvalue weighted by Gasteiger charge is -2.00. The van der Waals surface area contributed by atoms with Gasteiger partial charge in [0.05, 0.1) is 5.56 Å². The van der Waals surface area contributed by atoms with Crippen molar-refractivity contribution in [3.8, 4) is 17.2 Å². The van der Waals surface area contributed by atoms with Crippen molar-refractivity contribution < 1.29 is 0 Å². The number of H-pyrrole nitrogens is 1. The molecule has 0 aliphatic rings. The minimum absolute atomic E-state index is 0.281. The normalized spacial score (nSPS) is 10.1.